The van der Waals surface area contributed by atoms with Crippen molar-refractivity contribution >= 4 is 21.6 Å². The molecule has 2 aromatic rings. The molecule has 2 aromatic carbocycles. The molecule has 0 amide bonds. The fourth-order valence-electron chi connectivity index (χ4n) is 1.62. The van der Waals surface area contributed by atoms with Crippen LogP contribution in [0.3, 0.4) is 0 Å². The van der Waals surface area contributed by atoms with Crippen LogP contribution in [0.1, 0.15) is 5.56 Å². The highest BCUT2D eigenvalue weighted by Gasteiger charge is 2.16. The summed E-state index contributed by atoms with van der Waals surface area (Å²) in [5.74, 6) is -0.225. The van der Waals surface area contributed by atoms with Gasteiger partial charge in [0, 0.05) is 12.1 Å². The number of hydrogen-bond donors (Lipinski definition) is 1. The number of aliphatic hydroxyl groups excluding tert-OH is 1. The van der Waals surface area contributed by atoms with Gasteiger partial charge in [-0.05, 0) is 39.7 Å². The number of benzene rings is 2. The Morgan fingerprint density at radius 3 is 2.75 bits per heavy atom. The molecule has 5 nitrogen and oxygen atoms in total. The summed E-state index contributed by atoms with van der Waals surface area (Å²) in [5.41, 5.74) is 0.197. The van der Waals surface area contributed by atoms with E-state index in [1.807, 2.05) is 0 Å². The molecule has 0 radical (unpaired) electrons. The second-order valence-corrected chi connectivity index (χ2v) is 4.69. The van der Waals surface area contributed by atoms with Gasteiger partial charge in [-0.1, -0.05) is 6.07 Å². The molecule has 0 aliphatic rings. The molecule has 0 aromatic heterocycles. The maximum Gasteiger partial charge on any atom is 0.287 e. The van der Waals surface area contributed by atoms with Crippen LogP contribution in [0.25, 0.3) is 0 Å². The quantitative estimate of drug-likeness (QED) is 0.678. The van der Waals surface area contributed by atoms with Crippen LogP contribution in [0, 0.1) is 15.9 Å². The zero-order chi connectivity index (χ0) is 14.7. The summed E-state index contributed by atoms with van der Waals surface area (Å²) in [7, 11) is 0. The molecular weight excluding hydrogens is 333 g/mol. The highest BCUT2D eigenvalue weighted by Crippen LogP contribution is 2.36. The third kappa shape index (κ3) is 3.12. The van der Waals surface area contributed by atoms with Gasteiger partial charge >= 0.3 is 0 Å². The standard InChI is InChI=1S/C13H9BrFNO4/c14-13-11(16(18)19)2-1-3-12(13)20-10-5-8(7-17)4-9(15)6-10/h1-6,17H,7H2. The van der Waals surface area contributed by atoms with Crippen molar-refractivity contribution in [1.82, 2.24) is 0 Å². The van der Waals surface area contributed by atoms with Crippen LogP contribution in [0.15, 0.2) is 40.9 Å². The molecule has 20 heavy (non-hydrogen) atoms. The number of rotatable bonds is 4. The number of aliphatic hydroxyl groups is 1. The first kappa shape index (κ1) is 14.4. The normalized spacial score (nSPS) is 10.3. The Morgan fingerprint density at radius 2 is 2.10 bits per heavy atom. The number of ether oxygens (including phenoxy) is 1. The first-order valence-corrected chi connectivity index (χ1v) is 6.31. The van der Waals surface area contributed by atoms with E-state index in [9.17, 15) is 14.5 Å². The van der Waals surface area contributed by atoms with Gasteiger partial charge in [-0.2, -0.15) is 0 Å². The Bertz CT molecular complexity index is 663. The SMILES string of the molecule is O=[N+]([O-])c1cccc(Oc2cc(F)cc(CO)c2)c1Br. The Balaban J connectivity index is 2.37. The van der Waals surface area contributed by atoms with Gasteiger partial charge in [0.2, 0.25) is 0 Å². The molecule has 7 heteroatoms. The predicted octanol–water partition coefficient (Wildman–Crippen LogP) is 3.78. The second kappa shape index (κ2) is 5.98. The van der Waals surface area contributed by atoms with Gasteiger partial charge in [0.15, 0.2) is 0 Å². The molecule has 0 aliphatic heterocycles. The molecule has 0 heterocycles. The van der Waals surface area contributed by atoms with Crippen LogP contribution in [0.2, 0.25) is 0 Å². The molecule has 0 unspecified atom stereocenters. The van der Waals surface area contributed by atoms with E-state index in [0.29, 0.717) is 5.56 Å². The van der Waals surface area contributed by atoms with E-state index in [2.05, 4.69) is 15.9 Å². The van der Waals surface area contributed by atoms with Crippen LogP contribution in [0.5, 0.6) is 11.5 Å². The van der Waals surface area contributed by atoms with Gasteiger partial charge in [0.25, 0.3) is 5.69 Å². The Labute approximate surface area is 121 Å². The summed E-state index contributed by atoms with van der Waals surface area (Å²) in [4.78, 5) is 10.3. The molecule has 0 atom stereocenters. The lowest BCUT2D eigenvalue weighted by molar-refractivity contribution is -0.385. The van der Waals surface area contributed by atoms with Gasteiger partial charge in [0.1, 0.15) is 21.8 Å². The minimum Gasteiger partial charge on any atom is -0.456 e. The fourth-order valence-corrected chi connectivity index (χ4v) is 2.11. The molecule has 0 fully saturated rings. The van der Waals surface area contributed by atoms with Gasteiger partial charge in [-0.15, -0.1) is 0 Å². The smallest absolute Gasteiger partial charge is 0.287 e. The van der Waals surface area contributed by atoms with Gasteiger partial charge in [-0.3, -0.25) is 10.1 Å². The summed E-state index contributed by atoms with van der Waals surface area (Å²) < 4.78 is 18.9. The zero-order valence-corrected chi connectivity index (χ0v) is 11.6. The second-order valence-electron chi connectivity index (χ2n) is 3.90. The average Bonchev–Trinajstić information content (AvgIpc) is 2.40. The number of nitrogens with zero attached hydrogens (tertiary/aromatic N) is 1. The maximum absolute atomic E-state index is 13.3. The largest absolute Gasteiger partial charge is 0.456 e. The van der Waals surface area contributed by atoms with Crippen LogP contribution in [-0.4, -0.2) is 10.0 Å². The molecule has 0 bridgehead atoms. The Hall–Kier alpha value is -1.99. The molecular formula is C13H9BrFNO4. The van der Waals surface area contributed by atoms with Crippen molar-refractivity contribution in [2.75, 3.05) is 0 Å². The summed E-state index contributed by atoms with van der Waals surface area (Å²) in [6.45, 7) is -0.329. The van der Waals surface area contributed by atoms with Crippen LogP contribution >= 0.6 is 15.9 Å². The molecule has 0 saturated carbocycles. The molecule has 2 rings (SSSR count). The van der Waals surface area contributed by atoms with Crippen molar-refractivity contribution < 1.29 is 19.2 Å². The average molecular weight is 342 g/mol. The van der Waals surface area contributed by atoms with E-state index in [1.54, 1.807) is 0 Å². The Morgan fingerprint density at radius 1 is 1.35 bits per heavy atom. The topological polar surface area (TPSA) is 72.6 Å². The molecule has 0 spiro atoms. The van der Waals surface area contributed by atoms with E-state index < -0.39 is 10.7 Å². The molecule has 104 valence electrons. The molecule has 0 saturated heterocycles. The van der Waals surface area contributed by atoms with Crippen LogP contribution in [-0.2, 0) is 6.61 Å². The van der Waals surface area contributed by atoms with Crippen molar-refractivity contribution in [2.45, 2.75) is 6.61 Å². The van der Waals surface area contributed by atoms with Gasteiger partial charge in [-0.25, -0.2) is 4.39 Å². The lowest BCUT2D eigenvalue weighted by atomic mass is 10.2. The van der Waals surface area contributed by atoms with E-state index in [1.165, 1.54) is 30.3 Å². The van der Waals surface area contributed by atoms with Crippen molar-refractivity contribution in [2.24, 2.45) is 0 Å². The third-order valence-electron chi connectivity index (χ3n) is 2.48. The van der Waals surface area contributed by atoms with Crippen LogP contribution in [0.4, 0.5) is 10.1 Å². The molecule has 1 N–H and O–H groups in total. The highest BCUT2D eigenvalue weighted by molar-refractivity contribution is 9.10. The van der Waals surface area contributed by atoms with E-state index in [0.717, 1.165) is 6.07 Å². The summed E-state index contributed by atoms with van der Waals surface area (Å²) in [6, 6.07) is 8.06. The highest BCUT2D eigenvalue weighted by atomic mass is 79.9. The third-order valence-corrected chi connectivity index (χ3v) is 3.28. The van der Waals surface area contributed by atoms with Gasteiger partial charge in [0.05, 0.1) is 11.5 Å². The lowest BCUT2D eigenvalue weighted by Gasteiger charge is -2.09. The Kier molecular flexibility index (Phi) is 4.31. The summed E-state index contributed by atoms with van der Waals surface area (Å²) in [6.07, 6.45) is 0. The monoisotopic (exact) mass is 341 g/mol. The zero-order valence-electron chi connectivity index (χ0n) is 10.0. The number of nitro groups is 1. The minimum atomic E-state index is -0.562. The van der Waals surface area contributed by atoms with Crippen molar-refractivity contribution in [1.29, 1.82) is 0 Å². The van der Waals surface area contributed by atoms with Crippen molar-refractivity contribution in [3.05, 3.63) is 62.4 Å². The maximum atomic E-state index is 13.3. The van der Waals surface area contributed by atoms with Gasteiger partial charge < -0.3 is 9.84 Å². The van der Waals surface area contributed by atoms with Crippen molar-refractivity contribution in [3.8, 4) is 11.5 Å². The first-order valence-electron chi connectivity index (χ1n) is 5.52. The van der Waals surface area contributed by atoms with E-state index in [-0.39, 0.29) is 28.3 Å². The number of hydrogen-bond acceptors (Lipinski definition) is 4. The first-order chi connectivity index (χ1) is 9.51. The molecule has 0 aliphatic carbocycles. The fraction of sp³-hybridized carbons (Fsp3) is 0.0769. The number of halogens is 2. The summed E-state index contributed by atoms with van der Waals surface area (Å²) in [5, 5.41) is 19.8. The van der Waals surface area contributed by atoms with Crippen molar-refractivity contribution in [3.63, 3.8) is 0 Å². The minimum absolute atomic E-state index is 0.148. The van der Waals surface area contributed by atoms with Crippen LogP contribution < -0.4 is 4.74 Å². The summed E-state index contributed by atoms with van der Waals surface area (Å²) >= 11 is 3.08. The van der Waals surface area contributed by atoms with E-state index in [4.69, 9.17) is 9.84 Å². The number of nitro benzene ring substituents is 1. The predicted molar refractivity (Wildman–Crippen MR) is 73.2 cm³/mol. The van der Waals surface area contributed by atoms with E-state index >= 15 is 0 Å². The lowest BCUT2D eigenvalue weighted by Crippen LogP contribution is -1.94.